The van der Waals surface area contributed by atoms with Crippen molar-refractivity contribution >= 4 is 11.6 Å². The van der Waals surface area contributed by atoms with Gasteiger partial charge in [-0.15, -0.1) is 0 Å². The fourth-order valence-corrected chi connectivity index (χ4v) is 1.91. The van der Waals surface area contributed by atoms with Crippen molar-refractivity contribution < 1.29 is 14.3 Å². The summed E-state index contributed by atoms with van der Waals surface area (Å²) >= 11 is 0. The van der Waals surface area contributed by atoms with Gasteiger partial charge in [-0.2, -0.15) is 0 Å². The summed E-state index contributed by atoms with van der Waals surface area (Å²) in [7, 11) is 0. The number of fused-ring (bicyclic) bond motifs is 1. The van der Waals surface area contributed by atoms with Gasteiger partial charge in [-0.3, -0.25) is 4.79 Å². The lowest BCUT2D eigenvalue weighted by atomic mass is 10.2. The molecule has 0 aromatic heterocycles. The molecular formula is C13H18N2O3. The number of para-hydroxylation sites is 2. The number of benzene rings is 1. The predicted octanol–water partition coefficient (Wildman–Crippen LogP) is 0.777. The first-order valence-corrected chi connectivity index (χ1v) is 6.13. The summed E-state index contributed by atoms with van der Waals surface area (Å²) < 4.78 is 10.8. The molecule has 0 radical (unpaired) electrons. The molecule has 1 heterocycles. The number of nitrogens with zero attached hydrogens (tertiary/aromatic N) is 1. The average Bonchev–Trinajstić information content (AvgIpc) is 2.61. The Hall–Kier alpha value is -1.59. The molecule has 0 saturated carbocycles. The van der Waals surface area contributed by atoms with Gasteiger partial charge in [0.05, 0.1) is 18.9 Å². The van der Waals surface area contributed by atoms with Gasteiger partial charge >= 0.3 is 0 Å². The third-order valence-corrected chi connectivity index (χ3v) is 2.73. The number of amides is 1. The summed E-state index contributed by atoms with van der Waals surface area (Å²) in [5, 5.41) is 0. The molecule has 1 amide bonds. The standard InChI is InChI=1S/C13H18N2O3/c14-6-9-17-10-13(16)15-7-3-8-18-12-5-2-1-4-11(12)15/h1-2,4-5H,3,6-10,14H2. The Morgan fingerprint density at radius 1 is 1.44 bits per heavy atom. The van der Waals surface area contributed by atoms with E-state index in [2.05, 4.69) is 0 Å². The van der Waals surface area contributed by atoms with E-state index in [4.69, 9.17) is 15.2 Å². The van der Waals surface area contributed by atoms with Crippen LogP contribution in [0.1, 0.15) is 6.42 Å². The third-order valence-electron chi connectivity index (χ3n) is 2.73. The molecule has 0 unspecified atom stereocenters. The summed E-state index contributed by atoms with van der Waals surface area (Å²) in [6, 6.07) is 7.56. The van der Waals surface area contributed by atoms with Crippen molar-refractivity contribution in [2.75, 3.05) is 37.8 Å². The van der Waals surface area contributed by atoms with Crippen molar-refractivity contribution in [3.8, 4) is 5.75 Å². The largest absolute Gasteiger partial charge is 0.491 e. The number of ether oxygens (including phenoxy) is 2. The minimum atomic E-state index is -0.0543. The summed E-state index contributed by atoms with van der Waals surface area (Å²) in [5.74, 6) is 0.698. The van der Waals surface area contributed by atoms with E-state index < -0.39 is 0 Å². The van der Waals surface area contributed by atoms with E-state index in [1.807, 2.05) is 24.3 Å². The van der Waals surface area contributed by atoms with E-state index in [0.717, 1.165) is 17.9 Å². The molecule has 0 saturated heterocycles. The van der Waals surface area contributed by atoms with Crippen molar-refractivity contribution in [1.29, 1.82) is 0 Å². The SMILES string of the molecule is NCCOCC(=O)N1CCCOc2ccccc21. The van der Waals surface area contributed by atoms with Crippen molar-refractivity contribution in [3.63, 3.8) is 0 Å². The fraction of sp³-hybridized carbons (Fsp3) is 0.462. The highest BCUT2D eigenvalue weighted by molar-refractivity contribution is 5.95. The van der Waals surface area contributed by atoms with Gasteiger partial charge in [-0.05, 0) is 18.6 Å². The maximum Gasteiger partial charge on any atom is 0.253 e. The molecule has 5 heteroatoms. The number of hydrogen-bond donors (Lipinski definition) is 1. The van der Waals surface area contributed by atoms with Crippen LogP contribution in [-0.2, 0) is 9.53 Å². The highest BCUT2D eigenvalue weighted by atomic mass is 16.5. The quantitative estimate of drug-likeness (QED) is 0.802. The van der Waals surface area contributed by atoms with Crippen LogP contribution >= 0.6 is 0 Å². The molecule has 1 aromatic rings. The topological polar surface area (TPSA) is 64.8 Å². The summed E-state index contributed by atoms with van der Waals surface area (Å²) in [4.78, 5) is 13.8. The number of hydrogen-bond acceptors (Lipinski definition) is 4. The number of anilines is 1. The second kappa shape index (κ2) is 6.37. The number of carbonyl (C=O) groups excluding carboxylic acids is 1. The minimum Gasteiger partial charge on any atom is -0.491 e. The molecule has 0 spiro atoms. The van der Waals surface area contributed by atoms with E-state index in [9.17, 15) is 4.79 Å². The lowest BCUT2D eigenvalue weighted by Gasteiger charge is -2.21. The van der Waals surface area contributed by atoms with Gasteiger partial charge < -0.3 is 20.1 Å². The average molecular weight is 250 g/mol. The summed E-state index contributed by atoms with van der Waals surface area (Å²) in [6.45, 7) is 2.17. The van der Waals surface area contributed by atoms with Gasteiger partial charge in [0.15, 0.2) is 0 Å². The predicted molar refractivity (Wildman–Crippen MR) is 68.8 cm³/mol. The van der Waals surface area contributed by atoms with Gasteiger partial charge in [-0.1, -0.05) is 12.1 Å². The Morgan fingerprint density at radius 2 is 2.28 bits per heavy atom. The van der Waals surface area contributed by atoms with Crippen LogP contribution in [0.3, 0.4) is 0 Å². The third kappa shape index (κ3) is 3.00. The molecule has 0 atom stereocenters. The molecule has 0 bridgehead atoms. The van der Waals surface area contributed by atoms with E-state index in [0.29, 0.717) is 26.3 Å². The van der Waals surface area contributed by atoms with Crippen LogP contribution in [0.2, 0.25) is 0 Å². The monoisotopic (exact) mass is 250 g/mol. The summed E-state index contributed by atoms with van der Waals surface area (Å²) in [6.07, 6.45) is 0.817. The van der Waals surface area contributed by atoms with Crippen LogP contribution in [0.4, 0.5) is 5.69 Å². The maximum atomic E-state index is 12.1. The van der Waals surface area contributed by atoms with Gasteiger partial charge in [0.1, 0.15) is 12.4 Å². The van der Waals surface area contributed by atoms with E-state index in [1.165, 1.54) is 0 Å². The minimum absolute atomic E-state index is 0.0543. The smallest absolute Gasteiger partial charge is 0.253 e. The van der Waals surface area contributed by atoms with Gasteiger partial charge in [0.2, 0.25) is 0 Å². The molecule has 0 fully saturated rings. The highest BCUT2D eigenvalue weighted by Crippen LogP contribution is 2.30. The number of nitrogens with two attached hydrogens (primary N) is 1. The first-order chi connectivity index (χ1) is 8.83. The van der Waals surface area contributed by atoms with Crippen LogP contribution in [0.25, 0.3) is 0 Å². The van der Waals surface area contributed by atoms with Gasteiger partial charge in [-0.25, -0.2) is 0 Å². The Kier molecular flexibility index (Phi) is 4.55. The highest BCUT2D eigenvalue weighted by Gasteiger charge is 2.21. The molecule has 0 aliphatic carbocycles. The van der Waals surface area contributed by atoms with Crippen molar-refractivity contribution in [2.24, 2.45) is 5.73 Å². The second-order valence-corrected chi connectivity index (χ2v) is 4.06. The van der Waals surface area contributed by atoms with Crippen LogP contribution in [0.15, 0.2) is 24.3 Å². The summed E-state index contributed by atoms with van der Waals surface area (Å²) in [5.41, 5.74) is 6.14. The number of carbonyl (C=O) groups is 1. The fourth-order valence-electron chi connectivity index (χ4n) is 1.91. The lowest BCUT2D eigenvalue weighted by Crippen LogP contribution is -2.35. The van der Waals surface area contributed by atoms with E-state index >= 15 is 0 Å². The first kappa shape index (κ1) is 12.9. The van der Waals surface area contributed by atoms with Crippen LogP contribution in [-0.4, -0.2) is 38.8 Å². The van der Waals surface area contributed by atoms with Crippen molar-refractivity contribution in [3.05, 3.63) is 24.3 Å². The second-order valence-electron chi connectivity index (χ2n) is 4.06. The Morgan fingerprint density at radius 3 is 3.11 bits per heavy atom. The first-order valence-electron chi connectivity index (χ1n) is 6.13. The molecule has 2 rings (SSSR count). The zero-order valence-corrected chi connectivity index (χ0v) is 10.3. The number of rotatable bonds is 4. The van der Waals surface area contributed by atoms with Crippen molar-refractivity contribution in [1.82, 2.24) is 0 Å². The van der Waals surface area contributed by atoms with E-state index in [-0.39, 0.29) is 12.5 Å². The molecule has 18 heavy (non-hydrogen) atoms. The van der Waals surface area contributed by atoms with E-state index in [1.54, 1.807) is 4.90 Å². The van der Waals surface area contributed by atoms with Crippen LogP contribution in [0, 0.1) is 0 Å². The molecule has 2 N–H and O–H groups in total. The Balaban J connectivity index is 2.09. The Labute approximate surface area is 106 Å². The zero-order chi connectivity index (χ0) is 12.8. The van der Waals surface area contributed by atoms with Crippen LogP contribution in [0.5, 0.6) is 5.75 Å². The van der Waals surface area contributed by atoms with Gasteiger partial charge in [0, 0.05) is 13.1 Å². The van der Waals surface area contributed by atoms with Crippen LogP contribution < -0.4 is 15.4 Å². The zero-order valence-electron chi connectivity index (χ0n) is 10.3. The molecule has 1 aliphatic heterocycles. The molecule has 5 nitrogen and oxygen atoms in total. The Bertz CT molecular complexity index is 409. The maximum absolute atomic E-state index is 12.1. The van der Waals surface area contributed by atoms with Crippen molar-refractivity contribution in [2.45, 2.75) is 6.42 Å². The molecule has 98 valence electrons. The lowest BCUT2D eigenvalue weighted by molar-refractivity contribution is -0.123. The molecule has 1 aromatic carbocycles. The normalized spacial score (nSPS) is 14.6. The molecule has 1 aliphatic rings. The van der Waals surface area contributed by atoms with Gasteiger partial charge in [0.25, 0.3) is 5.91 Å². The molecular weight excluding hydrogens is 232 g/mol.